The molecular formula is C15H24N2O. The standard InChI is InChI=1S/C15H24N2O/c1-12(2)16-9-14-5-3-4-6-15(14)17-8-7-13(10-17)11-18/h3-6,12-13,16,18H,7-11H2,1-2H3. The van der Waals surface area contributed by atoms with Crippen molar-refractivity contribution in [1.29, 1.82) is 0 Å². The highest BCUT2D eigenvalue weighted by Crippen LogP contribution is 2.26. The molecule has 0 spiro atoms. The van der Waals surface area contributed by atoms with E-state index in [1.807, 2.05) is 0 Å². The van der Waals surface area contributed by atoms with E-state index in [4.69, 9.17) is 0 Å². The van der Waals surface area contributed by atoms with Gasteiger partial charge in [-0.15, -0.1) is 0 Å². The summed E-state index contributed by atoms with van der Waals surface area (Å²) in [6.07, 6.45) is 1.10. The maximum Gasteiger partial charge on any atom is 0.0476 e. The van der Waals surface area contributed by atoms with Crippen molar-refractivity contribution in [3.8, 4) is 0 Å². The van der Waals surface area contributed by atoms with E-state index in [1.54, 1.807) is 0 Å². The van der Waals surface area contributed by atoms with Crippen LogP contribution in [0, 0.1) is 5.92 Å². The lowest BCUT2D eigenvalue weighted by Gasteiger charge is -2.22. The average molecular weight is 248 g/mol. The molecule has 18 heavy (non-hydrogen) atoms. The molecule has 0 radical (unpaired) electrons. The minimum absolute atomic E-state index is 0.308. The summed E-state index contributed by atoms with van der Waals surface area (Å²) in [6, 6.07) is 9.08. The Hall–Kier alpha value is -1.06. The fourth-order valence-electron chi connectivity index (χ4n) is 2.48. The summed E-state index contributed by atoms with van der Waals surface area (Å²) in [5.41, 5.74) is 2.67. The molecule has 1 saturated heterocycles. The lowest BCUT2D eigenvalue weighted by Crippen LogP contribution is -2.26. The van der Waals surface area contributed by atoms with Gasteiger partial charge >= 0.3 is 0 Å². The van der Waals surface area contributed by atoms with E-state index >= 15 is 0 Å². The van der Waals surface area contributed by atoms with Crippen molar-refractivity contribution >= 4 is 5.69 Å². The SMILES string of the molecule is CC(C)NCc1ccccc1N1CCC(CO)C1. The smallest absolute Gasteiger partial charge is 0.0476 e. The Morgan fingerprint density at radius 2 is 2.17 bits per heavy atom. The minimum Gasteiger partial charge on any atom is -0.396 e. The van der Waals surface area contributed by atoms with E-state index < -0.39 is 0 Å². The number of nitrogens with one attached hydrogen (secondary N) is 1. The van der Waals surface area contributed by atoms with Crippen molar-refractivity contribution in [2.24, 2.45) is 5.92 Å². The highest BCUT2D eigenvalue weighted by atomic mass is 16.3. The first kappa shape index (κ1) is 13.4. The lowest BCUT2D eigenvalue weighted by atomic mass is 10.1. The van der Waals surface area contributed by atoms with Gasteiger partial charge in [-0.2, -0.15) is 0 Å². The Kier molecular flexibility index (Phi) is 4.61. The monoisotopic (exact) mass is 248 g/mol. The first-order valence-electron chi connectivity index (χ1n) is 6.87. The molecule has 3 nitrogen and oxygen atoms in total. The Morgan fingerprint density at radius 1 is 1.39 bits per heavy atom. The van der Waals surface area contributed by atoms with Crippen LogP contribution in [0.15, 0.2) is 24.3 Å². The van der Waals surface area contributed by atoms with Crippen LogP contribution in [0.3, 0.4) is 0 Å². The fourth-order valence-corrected chi connectivity index (χ4v) is 2.48. The van der Waals surface area contributed by atoms with Crippen LogP contribution in [0.25, 0.3) is 0 Å². The summed E-state index contributed by atoms with van der Waals surface area (Å²) in [5, 5.41) is 12.7. The molecule has 0 saturated carbocycles. The summed E-state index contributed by atoms with van der Waals surface area (Å²) in [7, 11) is 0. The largest absolute Gasteiger partial charge is 0.396 e. The molecule has 1 atom stereocenters. The number of benzene rings is 1. The minimum atomic E-state index is 0.308. The normalized spacial score (nSPS) is 19.8. The van der Waals surface area contributed by atoms with Gasteiger partial charge in [0, 0.05) is 43.9 Å². The molecular weight excluding hydrogens is 224 g/mol. The van der Waals surface area contributed by atoms with Crippen LogP contribution >= 0.6 is 0 Å². The summed E-state index contributed by atoms with van der Waals surface area (Å²) in [4.78, 5) is 2.40. The van der Waals surface area contributed by atoms with E-state index in [9.17, 15) is 5.11 Å². The molecule has 1 aromatic rings. The molecule has 1 fully saturated rings. The van der Waals surface area contributed by atoms with Gasteiger partial charge in [-0.05, 0) is 18.1 Å². The van der Waals surface area contributed by atoms with Gasteiger partial charge in [0.1, 0.15) is 0 Å². The second-order valence-corrected chi connectivity index (χ2v) is 5.45. The van der Waals surface area contributed by atoms with Crippen LogP contribution < -0.4 is 10.2 Å². The molecule has 2 N–H and O–H groups in total. The van der Waals surface area contributed by atoms with Gasteiger partial charge in [0.25, 0.3) is 0 Å². The number of aliphatic hydroxyl groups excluding tert-OH is 1. The first-order valence-corrected chi connectivity index (χ1v) is 6.87. The lowest BCUT2D eigenvalue weighted by molar-refractivity contribution is 0.238. The third-order valence-corrected chi connectivity index (χ3v) is 3.58. The number of para-hydroxylation sites is 1. The van der Waals surface area contributed by atoms with Crippen LogP contribution in [0.2, 0.25) is 0 Å². The summed E-state index contributed by atoms with van der Waals surface area (Å²) in [6.45, 7) is 7.59. The second kappa shape index (κ2) is 6.21. The molecule has 3 heteroatoms. The van der Waals surface area contributed by atoms with Gasteiger partial charge in [-0.25, -0.2) is 0 Å². The predicted octanol–water partition coefficient (Wildman–Crippen LogP) is 2.00. The van der Waals surface area contributed by atoms with E-state index in [2.05, 4.69) is 48.3 Å². The van der Waals surface area contributed by atoms with Crippen molar-refractivity contribution < 1.29 is 5.11 Å². The van der Waals surface area contributed by atoms with Gasteiger partial charge in [-0.1, -0.05) is 32.0 Å². The first-order chi connectivity index (χ1) is 8.70. The number of anilines is 1. The number of aliphatic hydroxyl groups is 1. The quantitative estimate of drug-likeness (QED) is 0.836. The van der Waals surface area contributed by atoms with Crippen molar-refractivity contribution in [1.82, 2.24) is 5.32 Å². The van der Waals surface area contributed by atoms with Crippen LogP contribution in [0.5, 0.6) is 0 Å². The zero-order valence-electron chi connectivity index (χ0n) is 11.4. The maximum atomic E-state index is 9.24. The van der Waals surface area contributed by atoms with Gasteiger partial charge in [0.05, 0.1) is 0 Å². The molecule has 0 amide bonds. The predicted molar refractivity (Wildman–Crippen MR) is 75.8 cm³/mol. The van der Waals surface area contributed by atoms with Gasteiger partial charge in [0.15, 0.2) is 0 Å². The second-order valence-electron chi connectivity index (χ2n) is 5.45. The third-order valence-electron chi connectivity index (χ3n) is 3.58. The van der Waals surface area contributed by atoms with E-state index in [0.29, 0.717) is 18.6 Å². The zero-order valence-corrected chi connectivity index (χ0v) is 11.4. The number of nitrogens with zero attached hydrogens (tertiary/aromatic N) is 1. The Bertz CT molecular complexity index is 379. The molecule has 2 rings (SSSR count). The highest BCUT2D eigenvalue weighted by molar-refractivity contribution is 5.54. The zero-order chi connectivity index (χ0) is 13.0. The highest BCUT2D eigenvalue weighted by Gasteiger charge is 2.23. The Morgan fingerprint density at radius 3 is 2.83 bits per heavy atom. The molecule has 1 aromatic carbocycles. The molecule has 0 bridgehead atoms. The number of hydrogen-bond acceptors (Lipinski definition) is 3. The number of rotatable bonds is 5. The van der Waals surface area contributed by atoms with Gasteiger partial charge in [-0.3, -0.25) is 0 Å². The third kappa shape index (κ3) is 3.24. The maximum absolute atomic E-state index is 9.24. The van der Waals surface area contributed by atoms with E-state index in [1.165, 1.54) is 11.3 Å². The van der Waals surface area contributed by atoms with Crippen LogP contribution in [-0.4, -0.2) is 30.8 Å². The Labute approximate surface area is 110 Å². The average Bonchev–Trinajstić information content (AvgIpc) is 2.85. The van der Waals surface area contributed by atoms with E-state index in [-0.39, 0.29) is 0 Å². The fraction of sp³-hybridized carbons (Fsp3) is 0.600. The summed E-state index contributed by atoms with van der Waals surface area (Å²) in [5.74, 6) is 0.441. The van der Waals surface area contributed by atoms with Crippen molar-refractivity contribution in [2.75, 3.05) is 24.6 Å². The summed E-state index contributed by atoms with van der Waals surface area (Å²) >= 11 is 0. The van der Waals surface area contributed by atoms with Crippen LogP contribution in [-0.2, 0) is 6.54 Å². The van der Waals surface area contributed by atoms with Crippen molar-refractivity contribution in [2.45, 2.75) is 32.9 Å². The Balaban J connectivity index is 2.07. The molecule has 0 aliphatic carbocycles. The van der Waals surface area contributed by atoms with Crippen molar-refractivity contribution in [3.63, 3.8) is 0 Å². The van der Waals surface area contributed by atoms with Crippen LogP contribution in [0.4, 0.5) is 5.69 Å². The molecule has 0 aromatic heterocycles. The summed E-state index contributed by atoms with van der Waals surface area (Å²) < 4.78 is 0. The van der Waals surface area contributed by atoms with Crippen LogP contribution in [0.1, 0.15) is 25.8 Å². The molecule has 100 valence electrons. The van der Waals surface area contributed by atoms with Crippen molar-refractivity contribution in [3.05, 3.63) is 29.8 Å². The topological polar surface area (TPSA) is 35.5 Å². The van der Waals surface area contributed by atoms with E-state index in [0.717, 1.165) is 26.1 Å². The molecule has 1 aliphatic rings. The van der Waals surface area contributed by atoms with Gasteiger partial charge in [0.2, 0.25) is 0 Å². The molecule has 1 aliphatic heterocycles. The molecule has 1 heterocycles. The molecule has 1 unspecified atom stereocenters. The van der Waals surface area contributed by atoms with Gasteiger partial charge < -0.3 is 15.3 Å². The number of hydrogen-bond donors (Lipinski definition) is 2.